The minimum absolute atomic E-state index is 0.0400. The molecule has 0 saturated carbocycles. The lowest BCUT2D eigenvalue weighted by Crippen LogP contribution is -2.60. The van der Waals surface area contributed by atoms with Gasteiger partial charge in [0.05, 0.1) is 18.2 Å². The maximum atomic E-state index is 15.8. The van der Waals surface area contributed by atoms with Gasteiger partial charge in [-0.15, -0.1) is 0 Å². The molecule has 36 heavy (non-hydrogen) atoms. The molecular formula is C30H39FN2O3. The number of carboxylic acid groups (broad SMARTS) is 1. The van der Waals surface area contributed by atoms with Crippen LogP contribution in [0.4, 0.5) is 9.18 Å². The molecule has 3 aliphatic heterocycles. The molecule has 3 fully saturated rings. The second-order valence-corrected chi connectivity index (χ2v) is 12.1. The van der Waals surface area contributed by atoms with E-state index < -0.39 is 6.09 Å². The average Bonchev–Trinajstić information content (AvgIpc) is 3.05. The summed E-state index contributed by atoms with van der Waals surface area (Å²) < 4.78 is 21.8. The largest absolute Gasteiger partial charge is 0.490 e. The summed E-state index contributed by atoms with van der Waals surface area (Å²) in [6.07, 6.45) is 1.97. The molecule has 0 unspecified atom stereocenters. The molecule has 4 aliphatic rings. The van der Waals surface area contributed by atoms with Crippen LogP contribution in [0.15, 0.2) is 24.3 Å². The van der Waals surface area contributed by atoms with Gasteiger partial charge in [0.1, 0.15) is 11.6 Å². The van der Waals surface area contributed by atoms with Crippen molar-refractivity contribution >= 4 is 6.09 Å². The highest BCUT2D eigenvalue weighted by molar-refractivity contribution is 5.71. The van der Waals surface area contributed by atoms with E-state index in [9.17, 15) is 9.90 Å². The smallest absolute Gasteiger partial charge is 0.408 e. The molecule has 1 amide bonds. The number of carbonyl (C=O) groups is 1. The monoisotopic (exact) mass is 494 g/mol. The van der Waals surface area contributed by atoms with E-state index in [1.807, 2.05) is 45.9 Å². The van der Waals surface area contributed by atoms with Gasteiger partial charge in [-0.1, -0.05) is 13.8 Å². The lowest BCUT2D eigenvalue weighted by molar-refractivity contribution is -0.0267. The van der Waals surface area contributed by atoms with Gasteiger partial charge in [0.25, 0.3) is 0 Å². The fraction of sp³-hybridized carbons (Fsp3) is 0.567. The fourth-order valence-corrected chi connectivity index (χ4v) is 7.02. The van der Waals surface area contributed by atoms with Crippen LogP contribution in [0, 0.1) is 31.0 Å². The van der Waals surface area contributed by atoms with E-state index in [-0.39, 0.29) is 29.4 Å². The Morgan fingerprint density at radius 3 is 2.31 bits per heavy atom. The molecule has 3 saturated heterocycles. The first-order valence-electron chi connectivity index (χ1n) is 13.3. The summed E-state index contributed by atoms with van der Waals surface area (Å²) in [5, 5.41) is 10.4. The van der Waals surface area contributed by atoms with E-state index in [4.69, 9.17) is 4.74 Å². The molecule has 1 N–H and O–H groups in total. The Hall–Kier alpha value is -2.60. The second-order valence-electron chi connectivity index (χ2n) is 12.1. The van der Waals surface area contributed by atoms with Crippen molar-refractivity contribution in [1.82, 2.24) is 9.80 Å². The Bertz CT molecular complexity index is 1160. The maximum absolute atomic E-state index is 15.8. The lowest BCUT2D eigenvalue weighted by Gasteiger charge is -2.51. The predicted molar refractivity (Wildman–Crippen MR) is 140 cm³/mol. The van der Waals surface area contributed by atoms with Gasteiger partial charge >= 0.3 is 6.09 Å². The van der Waals surface area contributed by atoms with Gasteiger partial charge in [-0.25, -0.2) is 9.18 Å². The van der Waals surface area contributed by atoms with Gasteiger partial charge in [-0.2, -0.15) is 0 Å². The summed E-state index contributed by atoms with van der Waals surface area (Å²) in [5.74, 6) is 0.936. The number of benzene rings is 2. The Morgan fingerprint density at radius 2 is 1.78 bits per heavy atom. The van der Waals surface area contributed by atoms with Gasteiger partial charge in [0.15, 0.2) is 0 Å². The quantitative estimate of drug-likeness (QED) is 0.509. The summed E-state index contributed by atoms with van der Waals surface area (Å²) in [7, 11) is 0. The first-order valence-corrected chi connectivity index (χ1v) is 13.3. The summed E-state index contributed by atoms with van der Waals surface area (Å²) in [4.78, 5) is 16.8. The van der Waals surface area contributed by atoms with Crippen molar-refractivity contribution in [1.29, 1.82) is 0 Å². The van der Waals surface area contributed by atoms with Crippen LogP contribution in [0.2, 0.25) is 0 Å². The molecule has 3 heterocycles. The molecule has 2 aromatic carbocycles. The van der Waals surface area contributed by atoms with E-state index in [2.05, 4.69) is 18.7 Å². The third-order valence-electron chi connectivity index (χ3n) is 8.51. The molecule has 2 aromatic rings. The molecular weight excluding hydrogens is 455 g/mol. The molecule has 6 rings (SSSR count). The van der Waals surface area contributed by atoms with Crippen molar-refractivity contribution in [3.63, 3.8) is 0 Å². The molecule has 0 spiro atoms. The van der Waals surface area contributed by atoms with Crippen molar-refractivity contribution in [2.75, 3.05) is 19.6 Å². The zero-order valence-corrected chi connectivity index (χ0v) is 22.4. The maximum Gasteiger partial charge on any atom is 0.408 e. The number of halogens is 1. The molecule has 6 heteroatoms. The van der Waals surface area contributed by atoms with Crippen LogP contribution in [-0.2, 0) is 6.42 Å². The zero-order valence-electron chi connectivity index (χ0n) is 22.4. The number of rotatable bonds is 5. The van der Waals surface area contributed by atoms with E-state index in [0.717, 1.165) is 72.5 Å². The van der Waals surface area contributed by atoms with Gasteiger partial charge in [-0.05, 0) is 123 Å². The molecule has 2 bridgehead atoms. The highest BCUT2D eigenvalue weighted by atomic mass is 19.1. The van der Waals surface area contributed by atoms with Crippen molar-refractivity contribution in [2.24, 2.45) is 11.3 Å². The summed E-state index contributed by atoms with van der Waals surface area (Å²) in [6.45, 7) is 15.1. The SMILES string of the molecule is Cc1cc(-c2cc3c(cc2F)[C@H](N(C(=O)O)[C@@H]2CN4CCC2CC4)C(C)(C)C3)cc(C)c1OC(C)C. The Balaban J connectivity index is 1.54. The Labute approximate surface area is 214 Å². The van der Waals surface area contributed by atoms with Crippen LogP contribution in [-0.4, -0.2) is 52.8 Å². The second kappa shape index (κ2) is 9.05. The lowest BCUT2D eigenvalue weighted by atomic mass is 9.79. The topological polar surface area (TPSA) is 53.0 Å². The third-order valence-corrected chi connectivity index (χ3v) is 8.51. The number of piperidine rings is 3. The third kappa shape index (κ3) is 4.27. The first kappa shape index (κ1) is 25.1. The van der Waals surface area contributed by atoms with E-state index in [1.54, 1.807) is 11.0 Å². The van der Waals surface area contributed by atoms with Crippen LogP contribution in [0.3, 0.4) is 0 Å². The normalized spacial score (nSPS) is 26.2. The molecule has 0 radical (unpaired) electrons. The van der Waals surface area contributed by atoms with Crippen molar-refractivity contribution in [2.45, 2.75) is 79.0 Å². The van der Waals surface area contributed by atoms with Crippen molar-refractivity contribution in [3.8, 4) is 16.9 Å². The van der Waals surface area contributed by atoms with Crippen molar-refractivity contribution in [3.05, 3.63) is 52.3 Å². The molecule has 5 nitrogen and oxygen atoms in total. The van der Waals surface area contributed by atoms with Crippen LogP contribution >= 0.6 is 0 Å². The highest BCUT2D eigenvalue weighted by Crippen LogP contribution is 2.52. The summed E-state index contributed by atoms with van der Waals surface area (Å²) in [6, 6.07) is 7.16. The molecule has 194 valence electrons. The summed E-state index contributed by atoms with van der Waals surface area (Å²) >= 11 is 0. The van der Waals surface area contributed by atoms with Gasteiger partial charge in [-0.3, -0.25) is 4.90 Å². The van der Waals surface area contributed by atoms with Crippen LogP contribution in [0.1, 0.15) is 68.8 Å². The minimum Gasteiger partial charge on any atom is -0.490 e. The number of hydrogen-bond acceptors (Lipinski definition) is 3. The van der Waals surface area contributed by atoms with Crippen molar-refractivity contribution < 1.29 is 19.0 Å². The Kier molecular flexibility index (Phi) is 6.30. The standard InChI is InChI=1S/C30H39FN2O3/c1-17(2)36-27-18(3)11-21(12-19(27)4)23-13-22-15-30(5,6)28(24(22)14-25(23)31)33(29(34)35)26-16-32-9-7-20(26)8-10-32/h11-14,17,20,26,28H,7-10,15-16H2,1-6H3,(H,34,35)/t26-,28+/m1/s1. The van der Waals surface area contributed by atoms with Crippen LogP contribution in [0.5, 0.6) is 5.75 Å². The van der Waals surface area contributed by atoms with Crippen LogP contribution < -0.4 is 4.74 Å². The minimum atomic E-state index is -0.892. The predicted octanol–water partition coefficient (Wildman–Crippen LogP) is 6.59. The van der Waals surface area contributed by atoms with E-state index in [1.165, 1.54) is 0 Å². The van der Waals surface area contributed by atoms with E-state index >= 15 is 4.39 Å². The van der Waals surface area contributed by atoms with Gasteiger partial charge in [0.2, 0.25) is 0 Å². The fourth-order valence-electron chi connectivity index (χ4n) is 7.02. The Morgan fingerprint density at radius 1 is 1.14 bits per heavy atom. The number of nitrogens with zero attached hydrogens (tertiary/aromatic N) is 2. The molecule has 1 aliphatic carbocycles. The van der Waals surface area contributed by atoms with Crippen LogP contribution in [0.25, 0.3) is 11.1 Å². The number of aryl methyl sites for hydroxylation is 2. The molecule has 0 aromatic heterocycles. The van der Waals surface area contributed by atoms with E-state index in [0.29, 0.717) is 11.5 Å². The highest BCUT2D eigenvalue weighted by Gasteiger charge is 2.50. The average molecular weight is 495 g/mol. The number of ether oxygens (including phenoxy) is 1. The first-order chi connectivity index (χ1) is 17.0. The zero-order chi connectivity index (χ0) is 25.9. The van der Waals surface area contributed by atoms with Gasteiger partial charge < -0.3 is 14.7 Å². The summed E-state index contributed by atoms with van der Waals surface area (Å²) in [5.41, 5.74) is 4.92. The number of hydrogen-bond donors (Lipinski definition) is 1. The number of fused-ring (bicyclic) bond motifs is 4. The number of amides is 1. The molecule has 2 atom stereocenters. The van der Waals surface area contributed by atoms with Gasteiger partial charge in [0, 0.05) is 12.1 Å².